The highest BCUT2D eigenvalue weighted by atomic mass is 16.1. The maximum atomic E-state index is 10.4. The van der Waals surface area contributed by atoms with Crippen molar-refractivity contribution < 1.29 is 4.79 Å². The molecule has 0 radical (unpaired) electrons. The van der Waals surface area contributed by atoms with Crippen LogP contribution in [0.15, 0.2) is 0 Å². The molecule has 0 spiro atoms. The lowest BCUT2D eigenvalue weighted by molar-refractivity contribution is -0.117. The van der Waals surface area contributed by atoms with Crippen LogP contribution >= 0.6 is 0 Å². The van der Waals surface area contributed by atoms with Gasteiger partial charge in [0, 0.05) is 12.0 Å². The maximum Gasteiger partial charge on any atom is 0.131 e. The van der Waals surface area contributed by atoms with Crippen molar-refractivity contribution >= 4 is 5.78 Å². The van der Waals surface area contributed by atoms with E-state index in [2.05, 4.69) is 0 Å². The third-order valence-corrected chi connectivity index (χ3v) is 0.705. The first-order valence-corrected chi connectivity index (χ1v) is 3.70. The Bertz CT molecular complexity index is 91.9. The van der Waals surface area contributed by atoms with Crippen molar-refractivity contribution in [2.75, 3.05) is 0 Å². The zero-order valence-corrected chi connectivity index (χ0v) is 7.69. The highest BCUT2D eigenvalue weighted by Crippen LogP contribution is 2.02. The number of nitrogens with two attached hydrogens (primary N) is 1. The molecule has 0 amide bonds. The molecule has 2 N–H and O–H groups in total. The van der Waals surface area contributed by atoms with Crippen LogP contribution in [0.25, 0.3) is 0 Å². The fraction of sp³-hybridized carbons (Fsp3) is 0.875. The number of rotatable bonds is 2. The minimum absolute atomic E-state index is 0.150. The first-order valence-electron chi connectivity index (χ1n) is 3.70. The van der Waals surface area contributed by atoms with Crippen molar-refractivity contribution in [3.05, 3.63) is 0 Å². The van der Waals surface area contributed by atoms with Gasteiger partial charge in [-0.1, -0.05) is 13.8 Å². The van der Waals surface area contributed by atoms with Crippen LogP contribution in [0.1, 0.15) is 41.0 Å². The molecule has 0 aromatic carbocycles. The molecular formula is C8H19NO. The molecule has 0 bridgehead atoms. The van der Waals surface area contributed by atoms with E-state index in [9.17, 15) is 4.79 Å². The van der Waals surface area contributed by atoms with Crippen molar-refractivity contribution in [1.82, 2.24) is 0 Å². The Morgan fingerprint density at radius 3 is 1.70 bits per heavy atom. The Labute approximate surface area is 63.8 Å². The first-order chi connectivity index (χ1) is 4.42. The van der Waals surface area contributed by atoms with Gasteiger partial charge in [-0.2, -0.15) is 0 Å². The maximum absolute atomic E-state index is 10.4. The van der Waals surface area contributed by atoms with Crippen molar-refractivity contribution in [3.63, 3.8) is 0 Å². The van der Waals surface area contributed by atoms with E-state index in [0.29, 0.717) is 6.42 Å². The van der Waals surface area contributed by atoms with E-state index in [-0.39, 0.29) is 11.3 Å². The molecule has 0 atom stereocenters. The second-order valence-electron chi connectivity index (χ2n) is 2.87. The minimum atomic E-state index is -0.328. The molecule has 2 heteroatoms. The number of carbonyl (C=O) groups is 1. The van der Waals surface area contributed by atoms with Gasteiger partial charge in [-0.25, -0.2) is 0 Å². The zero-order valence-electron chi connectivity index (χ0n) is 7.69. The van der Waals surface area contributed by atoms with Gasteiger partial charge in [-0.15, -0.1) is 0 Å². The standard InChI is InChI=1S/C6H13NO.C2H6/c1-5(8)4-6(2,3)7;1-2/h4,7H2,1-3H3;1-2H3. The summed E-state index contributed by atoms with van der Waals surface area (Å²) in [7, 11) is 0. The van der Waals surface area contributed by atoms with E-state index in [1.807, 2.05) is 27.7 Å². The van der Waals surface area contributed by atoms with Crippen LogP contribution in [-0.4, -0.2) is 11.3 Å². The van der Waals surface area contributed by atoms with E-state index in [0.717, 1.165) is 0 Å². The van der Waals surface area contributed by atoms with Gasteiger partial charge >= 0.3 is 0 Å². The monoisotopic (exact) mass is 145 g/mol. The molecule has 2 nitrogen and oxygen atoms in total. The number of carbonyl (C=O) groups excluding carboxylic acids is 1. The van der Waals surface area contributed by atoms with Gasteiger partial charge in [-0.05, 0) is 20.8 Å². The summed E-state index contributed by atoms with van der Waals surface area (Å²) in [5.74, 6) is 0.150. The second-order valence-corrected chi connectivity index (χ2v) is 2.87. The first kappa shape index (κ1) is 12.3. The van der Waals surface area contributed by atoms with E-state index < -0.39 is 0 Å². The highest BCUT2D eigenvalue weighted by molar-refractivity contribution is 5.76. The molecule has 0 fully saturated rings. The predicted octanol–water partition coefficient (Wildman–Crippen LogP) is 1.73. The van der Waals surface area contributed by atoms with Crippen molar-refractivity contribution in [2.45, 2.75) is 46.6 Å². The summed E-state index contributed by atoms with van der Waals surface area (Å²) in [6, 6.07) is 0. The summed E-state index contributed by atoms with van der Waals surface area (Å²) >= 11 is 0. The van der Waals surface area contributed by atoms with E-state index in [4.69, 9.17) is 5.73 Å². The quantitative estimate of drug-likeness (QED) is 0.643. The molecule has 0 rings (SSSR count). The Morgan fingerprint density at radius 2 is 1.70 bits per heavy atom. The summed E-state index contributed by atoms with van der Waals surface area (Å²) in [5.41, 5.74) is 5.19. The zero-order chi connectivity index (χ0) is 8.78. The summed E-state index contributed by atoms with van der Waals surface area (Å²) < 4.78 is 0. The van der Waals surface area contributed by atoms with E-state index in [1.54, 1.807) is 6.92 Å². The molecule has 0 aliphatic carbocycles. The van der Waals surface area contributed by atoms with Crippen LogP contribution in [0.2, 0.25) is 0 Å². The lowest BCUT2D eigenvalue weighted by atomic mass is 10.0. The Hall–Kier alpha value is -0.370. The van der Waals surface area contributed by atoms with Gasteiger partial charge in [0.1, 0.15) is 5.78 Å². The molecule has 0 saturated carbocycles. The normalized spacial score (nSPS) is 9.80. The Kier molecular flexibility index (Phi) is 6.67. The van der Waals surface area contributed by atoms with Crippen LogP contribution < -0.4 is 5.73 Å². The topological polar surface area (TPSA) is 43.1 Å². The fourth-order valence-electron chi connectivity index (χ4n) is 0.642. The molecule has 0 aliphatic heterocycles. The molecule has 0 heterocycles. The van der Waals surface area contributed by atoms with Crippen LogP contribution in [0.3, 0.4) is 0 Å². The molecule has 0 aliphatic rings. The highest BCUT2D eigenvalue weighted by Gasteiger charge is 2.11. The smallest absolute Gasteiger partial charge is 0.131 e. The van der Waals surface area contributed by atoms with Crippen molar-refractivity contribution in [3.8, 4) is 0 Å². The third kappa shape index (κ3) is 15.6. The third-order valence-electron chi connectivity index (χ3n) is 0.705. The van der Waals surface area contributed by atoms with Gasteiger partial charge in [0.15, 0.2) is 0 Å². The predicted molar refractivity (Wildman–Crippen MR) is 44.9 cm³/mol. The van der Waals surface area contributed by atoms with Gasteiger partial charge in [0.25, 0.3) is 0 Å². The average Bonchev–Trinajstić information content (AvgIpc) is 1.64. The summed E-state index contributed by atoms with van der Waals surface area (Å²) in [4.78, 5) is 10.4. The van der Waals surface area contributed by atoms with Gasteiger partial charge in [-0.3, -0.25) is 4.79 Å². The van der Waals surface area contributed by atoms with Crippen LogP contribution in [0.4, 0.5) is 0 Å². The molecule has 0 aromatic heterocycles. The van der Waals surface area contributed by atoms with Gasteiger partial charge in [0.05, 0.1) is 0 Å². The molecule has 0 unspecified atom stereocenters. The molecule has 0 aromatic rings. The molecule has 10 heavy (non-hydrogen) atoms. The van der Waals surface area contributed by atoms with Crippen LogP contribution in [0.5, 0.6) is 0 Å². The molecule has 0 saturated heterocycles. The van der Waals surface area contributed by atoms with Crippen molar-refractivity contribution in [2.24, 2.45) is 5.73 Å². The number of hydrogen-bond donors (Lipinski definition) is 1. The summed E-state index contributed by atoms with van der Waals surface area (Å²) in [5, 5.41) is 0. The van der Waals surface area contributed by atoms with Gasteiger partial charge < -0.3 is 5.73 Å². The number of Topliss-reactive ketones (excluding diaryl/α,β-unsaturated/α-hetero) is 1. The summed E-state index contributed by atoms with van der Waals surface area (Å²) in [6.07, 6.45) is 0.465. The lowest BCUT2D eigenvalue weighted by Crippen LogP contribution is -2.33. The SMILES string of the molecule is CC.CC(=O)CC(C)(C)N. The van der Waals surface area contributed by atoms with Crippen LogP contribution in [0, 0.1) is 0 Å². The minimum Gasteiger partial charge on any atom is -0.325 e. The van der Waals surface area contributed by atoms with E-state index >= 15 is 0 Å². The molecule has 62 valence electrons. The Morgan fingerprint density at radius 1 is 1.40 bits per heavy atom. The lowest BCUT2D eigenvalue weighted by Gasteiger charge is -2.14. The average molecular weight is 145 g/mol. The Balaban J connectivity index is 0. The van der Waals surface area contributed by atoms with Gasteiger partial charge in [0.2, 0.25) is 0 Å². The second kappa shape index (κ2) is 5.42. The van der Waals surface area contributed by atoms with Crippen LogP contribution in [-0.2, 0) is 4.79 Å². The molecular weight excluding hydrogens is 126 g/mol. The largest absolute Gasteiger partial charge is 0.325 e. The fourth-order valence-corrected chi connectivity index (χ4v) is 0.642. The number of ketones is 1. The number of hydrogen-bond acceptors (Lipinski definition) is 2. The van der Waals surface area contributed by atoms with E-state index in [1.165, 1.54) is 0 Å². The van der Waals surface area contributed by atoms with Crippen molar-refractivity contribution in [1.29, 1.82) is 0 Å². The summed E-state index contributed by atoms with van der Waals surface area (Å²) in [6.45, 7) is 9.23.